The average molecular weight is 432 g/mol. The zero-order chi connectivity index (χ0) is 22.6. The highest BCUT2D eigenvalue weighted by Crippen LogP contribution is 2.41. The Hall–Kier alpha value is -2.40. The zero-order valence-electron chi connectivity index (χ0n) is 17.9. The highest BCUT2D eigenvalue weighted by molar-refractivity contribution is 7.46. The molecule has 1 aliphatic rings. The van der Waals surface area contributed by atoms with Gasteiger partial charge in [-0.2, -0.15) is 5.26 Å². The fraction of sp³-hybridized carbons (Fsp3) is 0.571. The van der Waals surface area contributed by atoms with Crippen molar-refractivity contribution < 1.29 is 15.2 Å². The number of H-pyrrole nitrogens is 1. The van der Waals surface area contributed by atoms with Gasteiger partial charge in [-0.3, -0.25) is 14.3 Å². The smallest absolute Gasteiger partial charge is 0.330 e. The molecule has 1 saturated heterocycles. The summed E-state index contributed by atoms with van der Waals surface area (Å²) in [5.41, 5.74) is -0.990. The van der Waals surface area contributed by atoms with Crippen LogP contribution < -0.4 is 11.2 Å². The van der Waals surface area contributed by atoms with E-state index < -0.39 is 38.1 Å². The van der Waals surface area contributed by atoms with Crippen molar-refractivity contribution in [2.45, 2.75) is 63.9 Å². The first kappa shape index (κ1) is 22.3. The minimum atomic E-state index is -1.25. The standard InChI is InChI=1S/C21H26N3O5P/c1-4-5-6-7-8-9-11-17-15-24(21(26)23-20(17)25)19-14-18(16(2)28-19)29-30(3)27-13-10-12-22/h1,15-16,18-19H,5-8,10,13-14H2,2-3H3,(H,23,25,26)/t16-,18-,19-,30?/m1/s1/i2D. The number of unbranched alkanes of at least 4 members (excludes halogenated alkanes) is 3. The average Bonchev–Trinajstić information content (AvgIpc) is 3.14. The Morgan fingerprint density at radius 2 is 2.23 bits per heavy atom. The third kappa shape index (κ3) is 7.13. The molecule has 0 spiro atoms. The van der Waals surface area contributed by atoms with E-state index in [-0.39, 0.29) is 25.5 Å². The van der Waals surface area contributed by atoms with Gasteiger partial charge in [0.1, 0.15) is 11.8 Å². The topological polar surface area (TPSA) is 106 Å². The van der Waals surface area contributed by atoms with Crippen molar-refractivity contribution in [2.24, 2.45) is 0 Å². The SMILES string of the molecule is [2H]C[C@H]1O[C@@H](n2cc(C#CCCCCC#C)c(=O)[nH]c2=O)C[C@H]1OP(C)OCCC#N. The Morgan fingerprint density at radius 1 is 1.43 bits per heavy atom. The van der Waals surface area contributed by atoms with Gasteiger partial charge >= 0.3 is 5.69 Å². The van der Waals surface area contributed by atoms with Crippen LogP contribution in [0.25, 0.3) is 0 Å². The van der Waals surface area contributed by atoms with E-state index in [1.165, 1.54) is 10.8 Å². The van der Waals surface area contributed by atoms with Gasteiger partial charge in [0.05, 0.1) is 31.3 Å². The van der Waals surface area contributed by atoms with Crippen molar-refractivity contribution in [2.75, 3.05) is 13.3 Å². The summed E-state index contributed by atoms with van der Waals surface area (Å²) in [4.78, 5) is 26.7. The molecule has 30 heavy (non-hydrogen) atoms. The summed E-state index contributed by atoms with van der Waals surface area (Å²) in [7, 11) is -1.25. The molecule has 0 amide bonds. The van der Waals surface area contributed by atoms with Gasteiger partial charge in [0.25, 0.3) is 5.56 Å². The molecule has 1 aromatic heterocycles. The van der Waals surface area contributed by atoms with Gasteiger partial charge in [-0.25, -0.2) is 4.79 Å². The third-order valence-corrected chi connectivity index (χ3v) is 5.44. The number of hydrogen-bond acceptors (Lipinski definition) is 6. The molecule has 8 nitrogen and oxygen atoms in total. The zero-order valence-corrected chi connectivity index (χ0v) is 17.8. The first-order valence-electron chi connectivity index (χ1n) is 10.3. The van der Waals surface area contributed by atoms with Gasteiger partial charge in [0, 0.05) is 33.5 Å². The van der Waals surface area contributed by atoms with E-state index in [2.05, 4.69) is 22.7 Å². The van der Waals surface area contributed by atoms with Crippen LogP contribution in [0, 0.1) is 35.5 Å². The molecule has 0 bridgehead atoms. The molecule has 1 aromatic rings. The minimum absolute atomic E-state index is 0.0506. The molecule has 0 radical (unpaired) electrons. The fourth-order valence-electron chi connectivity index (χ4n) is 2.81. The molecular formula is C21H26N3O5P. The van der Waals surface area contributed by atoms with E-state index in [0.29, 0.717) is 19.3 Å². The second-order valence-corrected chi connectivity index (χ2v) is 7.96. The van der Waals surface area contributed by atoms with Crippen molar-refractivity contribution >= 4 is 8.38 Å². The largest absolute Gasteiger partial charge is 0.352 e. The summed E-state index contributed by atoms with van der Waals surface area (Å²) in [5, 5.41) is 8.59. The molecular weight excluding hydrogens is 405 g/mol. The second kappa shape index (κ2) is 12.3. The predicted molar refractivity (Wildman–Crippen MR) is 114 cm³/mol. The van der Waals surface area contributed by atoms with E-state index in [4.69, 9.17) is 26.8 Å². The van der Waals surface area contributed by atoms with Gasteiger partial charge in [0.2, 0.25) is 0 Å². The Morgan fingerprint density at radius 3 is 2.97 bits per heavy atom. The lowest BCUT2D eigenvalue weighted by atomic mass is 10.2. The van der Waals surface area contributed by atoms with Gasteiger partial charge < -0.3 is 13.8 Å². The predicted octanol–water partition coefficient (Wildman–Crippen LogP) is 2.65. The number of aromatic nitrogens is 2. The van der Waals surface area contributed by atoms with Crippen LogP contribution in [0.3, 0.4) is 0 Å². The highest BCUT2D eigenvalue weighted by atomic mass is 31.2. The Kier molecular flexibility index (Phi) is 9.16. The first-order valence-corrected chi connectivity index (χ1v) is 11.3. The van der Waals surface area contributed by atoms with Crippen molar-refractivity contribution in [3.8, 4) is 30.3 Å². The maximum Gasteiger partial charge on any atom is 0.330 e. The maximum absolute atomic E-state index is 12.3. The van der Waals surface area contributed by atoms with E-state index in [9.17, 15) is 9.59 Å². The number of ether oxygens (including phenoxy) is 1. The summed E-state index contributed by atoms with van der Waals surface area (Å²) in [6.45, 7) is 1.99. The molecule has 1 N–H and O–H groups in total. The van der Waals surface area contributed by atoms with E-state index in [1.807, 2.05) is 6.07 Å². The normalized spacial score (nSPS) is 21.7. The monoisotopic (exact) mass is 432 g/mol. The lowest BCUT2D eigenvalue weighted by molar-refractivity contribution is -0.00682. The molecule has 0 aromatic carbocycles. The van der Waals surface area contributed by atoms with Crippen LogP contribution in [0.4, 0.5) is 0 Å². The van der Waals surface area contributed by atoms with Crippen molar-refractivity contribution in [3.63, 3.8) is 0 Å². The molecule has 1 aliphatic heterocycles. The fourth-order valence-corrected chi connectivity index (χ4v) is 3.83. The number of nitriles is 1. The first-order chi connectivity index (χ1) is 15.0. The summed E-state index contributed by atoms with van der Waals surface area (Å²) in [6, 6.07) is 2.00. The van der Waals surface area contributed by atoms with Crippen LogP contribution in [0.5, 0.6) is 0 Å². The van der Waals surface area contributed by atoms with Crippen LogP contribution >= 0.6 is 8.38 Å². The van der Waals surface area contributed by atoms with E-state index in [1.54, 1.807) is 6.66 Å². The molecule has 0 aliphatic carbocycles. The van der Waals surface area contributed by atoms with Gasteiger partial charge in [0.15, 0.2) is 8.38 Å². The number of aromatic amines is 1. The minimum Gasteiger partial charge on any atom is -0.352 e. The summed E-state index contributed by atoms with van der Waals surface area (Å²) < 4.78 is 26.2. The number of nitrogens with one attached hydrogen (secondary N) is 1. The summed E-state index contributed by atoms with van der Waals surface area (Å²) in [5.74, 6) is 8.31. The molecule has 0 saturated carbocycles. The van der Waals surface area contributed by atoms with Crippen LogP contribution in [0.15, 0.2) is 15.8 Å². The Bertz CT molecular complexity index is 984. The van der Waals surface area contributed by atoms with Gasteiger partial charge in [-0.15, -0.1) is 12.3 Å². The summed E-state index contributed by atoms with van der Waals surface area (Å²) >= 11 is 0. The van der Waals surface area contributed by atoms with Crippen LogP contribution in [0.2, 0.25) is 0 Å². The molecule has 9 heteroatoms. The van der Waals surface area contributed by atoms with E-state index >= 15 is 0 Å². The molecule has 160 valence electrons. The van der Waals surface area contributed by atoms with Crippen LogP contribution in [-0.2, 0) is 13.8 Å². The van der Waals surface area contributed by atoms with Crippen LogP contribution in [0.1, 0.15) is 58.6 Å². The molecule has 2 heterocycles. The molecule has 1 unspecified atom stereocenters. The Labute approximate surface area is 178 Å². The number of terminal acetylenes is 1. The second-order valence-electron chi connectivity index (χ2n) is 6.61. The van der Waals surface area contributed by atoms with Gasteiger partial charge in [-0.1, -0.05) is 11.8 Å². The lowest BCUT2D eigenvalue weighted by Gasteiger charge is -2.19. The highest BCUT2D eigenvalue weighted by Gasteiger charge is 2.36. The van der Waals surface area contributed by atoms with Gasteiger partial charge in [-0.05, 0) is 19.7 Å². The number of hydrogen-bond donors (Lipinski definition) is 1. The molecule has 2 rings (SSSR count). The van der Waals surface area contributed by atoms with Crippen molar-refractivity contribution in [1.82, 2.24) is 9.55 Å². The number of rotatable bonds is 9. The lowest BCUT2D eigenvalue weighted by Crippen LogP contribution is -2.33. The maximum atomic E-state index is 12.3. The van der Waals surface area contributed by atoms with Crippen molar-refractivity contribution in [3.05, 3.63) is 32.6 Å². The van der Waals surface area contributed by atoms with Crippen LogP contribution in [-0.4, -0.2) is 35.0 Å². The molecule has 4 atom stereocenters. The third-order valence-electron chi connectivity index (χ3n) is 4.33. The molecule has 1 fully saturated rings. The quantitative estimate of drug-likeness (QED) is 0.365. The Balaban J connectivity index is 2.09. The summed E-state index contributed by atoms with van der Waals surface area (Å²) in [6.07, 6.45) is 8.51. The van der Waals surface area contributed by atoms with Crippen molar-refractivity contribution in [1.29, 1.82) is 5.26 Å². The van der Waals surface area contributed by atoms with E-state index in [0.717, 1.165) is 12.8 Å². The number of nitrogens with zero attached hydrogens (tertiary/aromatic N) is 2.